The number of rotatable bonds is 1. The van der Waals surface area contributed by atoms with Gasteiger partial charge in [-0.15, -0.1) is 0 Å². The van der Waals surface area contributed by atoms with Gasteiger partial charge in [-0.05, 0) is 25.2 Å². The van der Waals surface area contributed by atoms with Gasteiger partial charge in [0.05, 0.1) is 0 Å². The average Bonchev–Trinajstić information content (AvgIpc) is 1.95. The van der Waals surface area contributed by atoms with Crippen LogP contribution in [0.4, 0.5) is 4.39 Å². The second-order valence-corrected chi connectivity index (χ2v) is 3.04. The summed E-state index contributed by atoms with van der Waals surface area (Å²) in [5.74, 6) is 0.148. The van der Waals surface area contributed by atoms with Crippen molar-refractivity contribution in [3.05, 3.63) is 0 Å². The van der Waals surface area contributed by atoms with Gasteiger partial charge in [0.1, 0.15) is 6.17 Å². The first kappa shape index (κ1) is 7.95. The molecule has 0 aromatic rings. The molecule has 3 atom stereocenters. The molecule has 0 aromatic carbocycles. The summed E-state index contributed by atoms with van der Waals surface area (Å²) in [6, 6.07) is -0.289. The summed E-state index contributed by atoms with van der Waals surface area (Å²) in [5, 5.41) is 8.69. The summed E-state index contributed by atoms with van der Waals surface area (Å²) in [4.78, 5) is 0. The van der Waals surface area contributed by atoms with Gasteiger partial charge in [-0.3, -0.25) is 0 Å². The fourth-order valence-corrected chi connectivity index (χ4v) is 1.39. The number of nitrogens with two attached hydrogens (primary N) is 1. The van der Waals surface area contributed by atoms with Crippen molar-refractivity contribution in [2.45, 2.75) is 31.5 Å². The summed E-state index contributed by atoms with van der Waals surface area (Å²) in [7, 11) is 0. The molecule has 0 spiro atoms. The second-order valence-electron chi connectivity index (χ2n) is 3.04. The molecule has 0 saturated heterocycles. The van der Waals surface area contributed by atoms with Crippen LogP contribution < -0.4 is 5.73 Å². The minimum Gasteiger partial charge on any atom is -0.396 e. The molecule has 3 N–H and O–H groups in total. The first-order valence-electron chi connectivity index (χ1n) is 3.74. The van der Waals surface area contributed by atoms with Gasteiger partial charge in [0.25, 0.3) is 0 Å². The van der Waals surface area contributed by atoms with Crippen LogP contribution in [0.1, 0.15) is 19.3 Å². The van der Waals surface area contributed by atoms with Gasteiger partial charge in [0.2, 0.25) is 0 Å². The minimum absolute atomic E-state index is 0.104. The Labute approximate surface area is 60.2 Å². The first-order chi connectivity index (χ1) is 4.74. The van der Waals surface area contributed by atoms with Gasteiger partial charge in [0.15, 0.2) is 0 Å². The third kappa shape index (κ3) is 1.67. The lowest BCUT2D eigenvalue weighted by Gasteiger charge is -2.27. The SMILES string of the molecule is NC1CCC(CO)CC1F. The number of aliphatic hydroxyl groups is 1. The average molecular weight is 147 g/mol. The lowest BCUT2D eigenvalue weighted by Crippen LogP contribution is -2.38. The molecule has 60 valence electrons. The predicted molar refractivity (Wildman–Crippen MR) is 37.3 cm³/mol. The van der Waals surface area contributed by atoms with Crippen molar-refractivity contribution in [3.63, 3.8) is 0 Å². The Balaban J connectivity index is 2.33. The quantitative estimate of drug-likeness (QED) is 0.565. The molecule has 0 aromatic heterocycles. The molecule has 0 amide bonds. The van der Waals surface area contributed by atoms with Gasteiger partial charge in [-0.2, -0.15) is 0 Å². The van der Waals surface area contributed by atoms with E-state index in [0.717, 1.165) is 6.42 Å². The number of hydrogen-bond donors (Lipinski definition) is 2. The minimum atomic E-state index is -0.897. The first-order valence-corrected chi connectivity index (χ1v) is 3.74. The zero-order valence-corrected chi connectivity index (χ0v) is 5.96. The lowest BCUT2D eigenvalue weighted by molar-refractivity contribution is 0.121. The smallest absolute Gasteiger partial charge is 0.115 e. The van der Waals surface area contributed by atoms with Gasteiger partial charge in [-0.1, -0.05) is 0 Å². The van der Waals surface area contributed by atoms with Crippen LogP contribution in [-0.4, -0.2) is 23.9 Å². The largest absolute Gasteiger partial charge is 0.396 e. The second kappa shape index (κ2) is 3.30. The number of hydrogen-bond acceptors (Lipinski definition) is 2. The fraction of sp³-hybridized carbons (Fsp3) is 1.00. The summed E-state index contributed by atoms with van der Waals surface area (Å²) in [5.41, 5.74) is 5.44. The Morgan fingerprint density at radius 1 is 1.50 bits per heavy atom. The molecule has 0 heterocycles. The van der Waals surface area contributed by atoms with E-state index >= 15 is 0 Å². The molecule has 2 nitrogen and oxygen atoms in total. The van der Waals surface area contributed by atoms with Crippen molar-refractivity contribution < 1.29 is 9.50 Å². The zero-order chi connectivity index (χ0) is 7.56. The van der Waals surface area contributed by atoms with E-state index in [1.165, 1.54) is 0 Å². The maximum Gasteiger partial charge on any atom is 0.115 e. The van der Waals surface area contributed by atoms with E-state index in [2.05, 4.69) is 0 Å². The lowest BCUT2D eigenvalue weighted by atomic mass is 9.86. The molecule has 0 aliphatic heterocycles. The maximum atomic E-state index is 12.8. The van der Waals surface area contributed by atoms with Crippen molar-refractivity contribution in [1.82, 2.24) is 0 Å². The molecule has 10 heavy (non-hydrogen) atoms. The van der Waals surface area contributed by atoms with Crippen LogP contribution in [0.3, 0.4) is 0 Å². The molecule has 1 fully saturated rings. The maximum absolute atomic E-state index is 12.8. The van der Waals surface area contributed by atoms with Gasteiger partial charge in [-0.25, -0.2) is 4.39 Å². The van der Waals surface area contributed by atoms with E-state index in [1.807, 2.05) is 0 Å². The molecule has 1 aliphatic rings. The Morgan fingerprint density at radius 3 is 2.70 bits per heavy atom. The van der Waals surface area contributed by atoms with Gasteiger partial charge >= 0.3 is 0 Å². The van der Waals surface area contributed by atoms with E-state index in [0.29, 0.717) is 12.8 Å². The van der Waals surface area contributed by atoms with Crippen molar-refractivity contribution in [2.24, 2.45) is 11.7 Å². The normalized spacial score (nSPS) is 41.7. The monoisotopic (exact) mass is 147 g/mol. The van der Waals surface area contributed by atoms with E-state index in [4.69, 9.17) is 10.8 Å². The topological polar surface area (TPSA) is 46.2 Å². The summed E-state index contributed by atoms with van der Waals surface area (Å²) in [6.07, 6.45) is 1.13. The zero-order valence-electron chi connectivity index (χ0n) is 5.96. The van der Waals surface area contributed by atoms with Crippen molar-refractivity contribution in [3.8, 4) is 0 Å². The van der Waals surface area contributed by atoms with Crippen LogP contribution >= 0.6 is 0 Å². The molecule has 1 saturated carbocycles. The van der Waals surface area contributed by atoms with E-state index < -0.39 is 6.17 Å². The third-order valence-corrected chi connectivity index (χ3v) is 2.19. The Morgan fingerprint density at radius 2 is 2.20 bits per heavy atom. The Bertz CT molecular complexity index is 110. The molecule has 1 rings (SSSR count). The van der Waals surface area contributed by atoms with Crippen LogP contribution in [0.5, 0.6) is 0 Å². The van der Waals surface area contributed by atoms with E-state index in [-0.39, 0.29) is 18.6 Å². The highest BCUT2D eigenvalue weighted by atomic mass is 19.1. The molecule has 1 aliphatic carbocycles. The summed E-state index contributed by atoms with van der Waals surface area (Å²) in [6.45, 7) is 0.104. The van der Waals surface area contributed by atoms with Gasteiger partial charge in [0, 0.05) is 12.6 Å². The predicted octanol–water partition coefficient (Wildman–Crippen LogP) is 0.444. The van der Waals surface area contributed by atoms with E-state index in [1.54, 1.807) is 0 Å². The van der Waals surface area contributed by atoms with Crippen LogP contribution in [-0.2, 0) is 0 Å². The Kier molecular flexibility index (Phi) is 2.63. The van der Waals surface area contributed by atoms with Gasteiger partial charge < -0.3 is 10.8 Å². The van der Waals surface area contributed by atoms with Crippen molar-refractivity contribution in [2.75, 3.05) is 6.61 Å². The highest BCUT2D eigenvalue weighted by molar-refractivity contribution is 4.81. The highest BCUT2D eigenvalue weighted by Crippen LogP contribution is 2.24. The molecule has 3 unspecified atom stereocenters. The molecule has 3 heteroatoms. The molecular weight excluding hydrogens is 133 g/mol. The number of halogens is 1. The summed E-state index contributed by atoms with van der Waals surface area (Å²) < 4.78 is 12.8. The van der Waals surface area contributed by atoms with E-state index in [9.17, 15) is 4.39 Å². The van der Waals surface area contributed by atoms with Crippen molar-refractivity contribution >= 4 is 0 Å². The van der Waals surface area contributed by atoms with Crippen LogP contribution in [0.25, 0.3) is 0 Å². The number of aliphatic hydroxyl groups excluding tert-OH is 1. The number of alkyl halides is 1. The molecule has 0 bridgehead atoms. The standard InChI is InChI=1S/C7H14FNO/c8-6-3-5(4-10)1-2-7(6)9/h5-7,10H,1-4,9H2. The molecular formula is C7H14FNO. The van der Waals surface area contributed by atoms with Crippen molar-refractivity contribution in [1.29, 1.82) is 0 Å². The summed E-state index contributed by atoms with van der Waals surface area (Å²) >= 11 is 0. The van der Waals surface area contributed by atoms with Crippen LogP contribution in [0.2, 0.25) is 0 Å². The van der Waals surface area contributed by atoms with Crippen LogP contribution in [0, 0.1) is 5.92 Å². The third-order valence-electron chi connectivity index (χ3n) is 2.19. The fourth-order valence-electron chi connectivity index (χ4n) is 1.39. The highest BCUT2D eigenvalue weighted by Gasteiger charge is 2.26. The van der Waals surface area contributed by atoms with Crippen LogP contribution in [0.15, 0.2) is 0 Å². The Hall–Kier alpha value is -0.150. The molecule has 0 radical (unpaired) electrons.